The second-order valence-corrected chi connectivity index (χ2v) is 7.68. The van der Waals surface area contributed by atoms with Gasteiger partial charge in [-0.1, -0.05) is 36.4 Å². The molecule has 28 heavy (non-hydrogen) atoms. The summed E-state index contributed by atoms with van der Waals surface area (Å²) in [6.45, 7) is 4.37. The van der Waals surface area contributed by atoms with E-state index in [2.05, 4.69) is 22.8 Å². The molecule has 148 valence electrons. The van der Waals surface area contributed by atoms with Crippen LogP contribution in [0.2, 0.25) is 0 Å². The second-order valence-electron chi connectivity index (χ2n) is 7.68. The van der Waals surface area contributed by atoms with Crippen LogP contribution in [-0.2, 0) is 16.0 Å². The molecule has 1 aliphatic carbocycles. The van der Waals surface area contributed by atoms with Crippen LogP contribution >= 0.6 is 0 Å². The minimum absolute atomic E-state index is 0.0521. The number of nitrogens with zero attached hydrogens (tertiary/aromatic N) is 1. The van der Waals surface area contributed by atoms with Crippen LogP contribution in [0, 0.1) is 13.8 Å². The molecule has 1 atom stereocenters. The molecule has 3 rings (SSSR count). The SMILES string of the molecule is Cc1cccc(NC(=O)CN(C)CC(=O)NC2CCCc3ccccc32)c1C. The van der Waals surface area contributed by atoms with Gasteiger partial charge in [0.05, 0.1) is 19.1 Å². The number of anilines is 1. The molecule has 0 radical (unpaired) electrons. The quantitative estimate of drug-likeness (QED) is 0.809. The van der Waals surface area contributed by atoms with E-state index in [1.165, 1.54) is 11.1 Å². The van der Waals surface area contributed by atoms with Gasteiger partial charge in [-0.25, -0.2) is 0 Å². The van der Waals surface area contributed by atoms with Gasteiger partial charge in [-0.2, -0.15) is 0 Å². The lowest BCUT2D eigenvalue weighted by molar-refractivity contribution is -0.123. The summed E-state index contributed by atoms with van der Waals surface area (Å²) in [4.78, 5) is 26.6. The summed E-state index contributed by atoms with van der Waals surface area (Å²) >= 11 is 0. The van der Waals surface area contributed by atoms with Crippen LogP contribution in [0.25, 0.3) is 0 Å². The first-order chi connectivity index (χ1) is 13.4. The van der Waals surface area contributed by atoms with Crippen LogP contribution in [0.15, 0.2) is 42.5 Å². The molecule has 0 bridgehead atoms. The Kier molecular flexibility index (Phi) is 6.47. The number of benzene rings is 2. The maximum atomic E-state index is 12.5. The van der Waals surface area contributed by atoms with E-state index in [9.17, 15) is 9.59 Å². The molecule has 0 heterocycles. The van der Waals surface area contributed by atoms with Crippen LogP contribution in [0.5, 0.6) is 0 Å². The highest BCUT2D eigenvalue weighted by Crippen LogP contribution is 2.29. The molecule has 2 N–H and O–H groups in total. The van der Waals surface area contributed by atoms with Crippen molar-refractivity contribution in [2.24, 2.45) is 0 Å². The van der Waals surface area contributed by atoms with Gasteiger partial charge in [-0.3, -0.25) is 14.5 Å². The van der Waals surface area contributed by atoms with Crippen molar-refractivity contribution in [2.45, 2.75) is 39.2 Å². The van der Waals surface area contributed by atoms with Crippen LogP contribution in [-0.4, -0.2) is 36.9 Å². The Morgan fingerprint density at radius 3 is 2.61 bits per heavy atom. The van der Waals surface area contributed by atoms with Crippen LogP contribution in [0.4, 0.5) is 5.69 Å². The van der Waals surface area contributed by atoms with Crippen molar-refractivity contribution in [1.82, 2.24) is 10.2 Å². The summed E-state index contributed by atoms with van der Waals surface area (Å²) in [6, 6.07) is 14.2. The maximum Gasteiger partial charge on any atom is 0.238 e. The zero-order valence-corrected chi connectivity index (χ0v) is 16.9. The van der Waals surface area contributed by atoms with Gasteiger partial charge in [0.1, 0.15) is 0 Å². The van der Waals surface area contributed by atoms with Crippen LogP contribution in [0.3, 0.4) is 0 Å². The van der Waals surface area contributed by atoms with E-state index in [0.29, 0.717) is 0 Å². The van der Waals surface area contributed by atoms with Gasteiger partial charge in [0.2, 0.25) is 11.8 Å². The lowest BCUT2D eigenvalue weighted by Crippen LogP contribution is -2.40. The molecular formula is C23H29N3O2. The van der Waals surface area contributed by atoms with Crippen molar-refractivity contribution in [3.8, 4) is 0 Å². The molecule has 1 aliphatic rings. The monoisotopic (exact) mass is 379 g/mol. The first-order valence-corrected chi connectivity index (χ1v) is 9.86. The molecular weight excluding hydrogens is 350 g/mol. The average molecular weight is 380 g/mol. The Labute approximate surface area is 167 Å². The fraction of sp³-hybridized carbons (Fsp3) is 0.391. The van der Waals surface area contributed by atoms with E-state index in [0.717, 1.165) is 36.1 Å². The standard InChI is InChI=1S/C23H29N3O2/c1-16-8-6-12-20(17(16)2)24-22(27)14-26(3)15-23(28)25-21-13-7-10-18-9-4-5-11-19(18)21/h4-6,8-9,11-12,21H,7,10,13-15H2,1-3H3,(H,24,27)(H,25,28). The molecule has 0 aliphatic heterocycles. The number of hydrogen-bond donors (Lipinski definition) is 2. The van der Waals surface area contributed by atoms with Gasteiger partial charge in [0.25, 0.3) is 0 Å². The molecule has 5 heteroatoms. The Balaban J connectivity index is 1.51. The Bertz CT molecular complexity index is 863. The van der Waals surface area contributed by atoms with Crippen molar-refractivity contribution in [3.05, 3.63) is 64.7 Å². The predicted molar refractivity (Wildman–Crippen MR) is 112 cm³/mol. The number of nitrogens with one attached hydrogen (secondary N) is 2. The smallest absolute Gasteiger partial charge is 0.238 e. The fourth-order valence-corrected chi connectivity index (χ4v) is 3.77. The Hall–Kier alpha value is -2.66. The van der Waals surface area contributed by atoms with Crippen molar-refractivity contribution in [3.63, 3.8) is 0 Å². The highest BCUT2D eigenvalue weighted by atomic mass is 16.2. The van der Waals surface area contributed by atoms with Gasteiger partial charge >= 0.3 is 0 Å². The first kappa shape index (κ1) is 20.1. The normalized spacial score (nSPS) is 15.8. The van der Waals surface area contributed by atoms with E-state index in [-0.39, 0.29) is 30.9 Å². The van der Waals surface area contributed by atoms with E-state index in [1.807, 2.05) is 44.2 Å². The van der Waals surface area contributed by atoms with Crippen LogP contribution in [0.1, 0.15) is 41.1 Å². The van der Waals surface area contributed by atoms with Crippen LogP contribution < -0.4 is 10.6 Å². The van der Waals surface area contributed by atoms with E-state index in [1.54, 1.807) is 11.9 Å². The average Bonchev–Trinajstić information content (AvgIpc) is 2.65. The summed E-state index contributed by atoms with van der Waals surface area (Å²) in [5.41, 5.74) is 5.56. The van der Waals surface area contributed by atoms with Gasteiger partial charge in [-0.05, 0) is 68.5 Å². The van der Waals surface area contributed by atoms with Crippen molar-refractivity contribution >= 4 is 17.5 Å². The number of aryl methyl sites for hydroxylation is 2. The summed E-state index contributed by atoms with van der Waals surface area (Å²) in [7, 11) is 1.79. The number of carbonyl (C=O) groups is 2. The van der Waals surface area contributed by atoms with Gasteiger partial charge in [0, 0.05) is 5.69 Å². The van der Waals surface area contributed by atoms with Gasteiger partial charge < -0.3 is 10.6 Å². The lowest BCUT2D eigenvalue weighted by atomic mass is 9.88. The minimum Gasteiger partial charge on any atom is -0.348 e. The van der Waals surface area contributed by atoms with E-state index in [4.69, 9.17) is 0 Å². The third-order valence-electron chi connectivity index (χ3n) is 5.41. The molecule has 0 spiro atoms. The number of amides is 2. The molecule has 0 fully saturated rings. The highest BCUT2D eigenvalue weighted by Gasteiger charge is 2.22. The molecule has 1 unspecified atom stereocenters. The number of rotatable bonds is 6. The first-order valence-electron chi connectivity index (χ1n) is 9.86. The molecule has 0 saturated heterocycles. The number of fused-ring (bicyclic) bond motifs is 1. The van der Waals surface area contributed by atoms with E-state index >= 15 is 0 Å². The van der Waals surface area contributed by atoms with Gasteiger partial charge in [0.15, 0.2) is 0 Å². The molecule has 0 saturated carbocycles. The Morgan fingerprint density at radius 2 is 1.79 bits per heavy atom. The molecule has 5 nitrogen and oxygen atoms in total. The highest BCUT2D eigenvalue weighted by molar-refractivity contribution is 5.93. The van der Waals surface area contributed by atoms with Crippen molar-refractivity contribution < 1.29 is 9.59 Å². The van der Waals surface area contributed by atoms with Crippen molar-refractivity contribution in [1.29, 1.82) is 0 Å². The zero-order valence-electron chi connectivity index (χ0n) is 16.9. The molecule has 2 aromatic carbocycles. The fourth-order valence-electron chi connectivity index (χ4n) is 3.77. The maximum absolute atomic E-state index is 12.5. The third-order valence-corrected chi connectivity index (χ3v) is 5.41. The van der Waals surface area contributed by atoms with E-state index < -0.39 is 0 Å². The summed E-state index contributed by atoms with van der Waals surface area (Å²) in [6.07, 6.45) is 3.11. The lowest BCUT2D eigenvalue weighted by Gasteiger charge is -2.27. The number of likely N-dealkylation sites (N-methyl/N-ethyl adjacent to an activating group) is 1. The predicted octanol–water partition coefficient (Wildman–Crippen LogP) is 3.37. The summed E-state index contributed by atoms with van der Waals surface area (Å²) in [5, 5.41) is 6.07. The van der Waals surface area contributed by atoms with Gasteiger partial charge in [-0.15, -0.1) is 0 Å². The Morgan fingerprint density at radius 1 is 1.04 bits per heavy atom. The molecule has 2 amide bonds. The third kappa shape index (κ3) is 4.98. The topological polar surface area (TPSA) is 61.4 Å². The largest absolute Gasteiger partial charge is 0.348 e. The zero-order chi connectivity index (χ0) is 20.1. The number of hydrogen-bond acceptors (Lipinski definition) is 3. The summed E-state index contributed by atoms with van der Waals surface area (Å²) in [5.74, 6) is -0.171. The number of carbonyl (C=O) groups excluding carboxylic acids is 2. The van der Waals surface area contributed by atoms with Crippen molar-refractivity contribution in [2.75, 3.05) is 25.5 Å². The second kappa shape index (κ2) is 9.02. The molecule has 2 aromatic rings. The minimum atomic E-state index is -0.119. The summed E-state index contributed by atoms with van der Waals surface area (Å²) < 4.78 is 0. The molecule has 0 aromatic heterocycles.